The lowest BCUT2D eigenvalue weighted by Gasteiger charge is -2.11. The zero-order chi connectivity index (χ0) is 14.5. The molecule has 1 amide bonds. The molecule has 1 heterocycles. The van der Waals surface area contributed by atoms with Gasteiger partial charge in [0.25, 0.3) is 5.91 Å². The number of pyridine rings is 1. The van der Waals surface area contributed by atoms with Crippen molar-refractivity contribution < 1.29 is 9.53 Å². The molecule has 0 aliphatic carbocycles. The number of carbonyl (C=O) groups is 1. The maximum absolute atomic E-state index is 12.0. The van der Waals surface area contributed by atoms with E-state index in [-0.39, 0.29) is 17.6 Å². The van der Waals surface area contributed by atoms with Gasteiger partial charge >= 0.3 is 0 Å². The molecule has 0 atom stereocenters. The third-order valence-electron chi connectivity index (χ3n) is 2.71. The van der Waals surface area contributed by atoms with E-state index in [0.29, 0.717) is 16.3 Å². The molecule has 2 rings (SSSR count). The summed E-state index contributed by atoms with van der Waals surface area (Å²) in [5.41, 5.74) is 1.17. The Morgan fingerprint density at radius 2 is 2.15 bits per heavy atom. The van der Waals surface area contributed by atoms with Gasteiger partial charge in [-0.1, -0.05) is 29.3 Å². The highest BCUT2D eigenvalue weighted by atomic mass is 35.5. The van der Waals surface area contributed by atoms with E-state index in [9.17, 15) is 4.79 Å². The number of carbonyl (C=O) groups excluding carboxylic acids is 1. The Morgan fingerprint density at radius 1 is 1.35 bits per heavy atom. The smallest absolute Gasteiger partial charge is 0.251 e. The average Bonchev–Trinajstić information content (AvgIpc) is 2.45. The highest BCUT2D eigenvalue weighted by Gasteiger charge is 2.11. The number of benzene rings is 1. The van der Waals surface area contributed by atoms with Gasteiger partial charge in [0.2, 0.25) is 0 Å². The Balaban J connectivity index is 2.11. The van der Waals surface area contributed by atoms with Gasteiger partial charge in [0.05, 0.1) is 7.11 Å². The molecular weight excluding hydrogens is 299 g/mol. The molecule has 0 aliphatic rings. The number of nitrogens with one attached hydrogen (secondary N) is 1. The standard InChI is InChI=1S/C14H12Cl2N2O2/c1-20-12-4-2-3-11(15)10(12)8-18-14(19)9-5-6-17-13(16)7-9/h2-7H,8H2,1H3,(H,18,19). The summed E-state index contributed by atoms with van der Waals surface area (Å²) < 4.78 is 5.22. The maximum Gasteiger partial charge on any atom is 0.251 e. The van der Waals surface area contributed by atoms with E-state index in [1.165, 1.54) is 12.3 Å². The molecule has 20 heavy (non-hydrogen) atoms. The summed E-state index contributed by atoms with van der Waals surface area (Å²) in [4.78, 5) is 15.8. The number of nitrogens with zero attached hydrogens (tertiary/aromatic N) is 1. The second-order valence-corrected chi connectivity index (χ2v) is 4.77. The molecule has 0 aliphatic heterocycles. The second-order valence-electron chi connectivity index (χ2n) is 3.97. The Hall–Kier alpha value is -1.78. The summed E-state index contributed by atoms with van der Waals surface area (Å²) in [5.74, 6) is 0.377. The quantitative estimate of drug-likeness (QED) is 0.881. The van der Waals surface area contributed by atoms with Crippen LogP contribution in [0.4, 0.5) is 0 Å². The van der Waals surface area contributed by atoms with Gasteiger partial charge < -0.3 is 10.1 Å². The van der Waals surface area contributed by atoms with Crippen molar-refractivity contribution in [3.8, 4) is 5.75 Å². The molecule has 2 aromatic rings. The molecule has 0 saturated heterocycles. The summed E-state index contributed by atoms with van der Waals surface area (Å²) in [6, 6.07) is 8.41. The number of aromatic nitrogens is 1. The minimum absolute atomic E-state index is 0.253. The van der Waals surface area contributed by atoms with E-state index in [1.54, 1.807) is 31.4 Å². The zero-order valence-corrected chi connectivity index (χ0v) is 12.2. The van der Waals surface area contributed by atoms with Crippen LogP contribution in [0.25, 0.3) is 0 Å². The third-order valence-corrected chi connectivity index (χ3v) is 3.27. The van der Waals surface area contributed by atoms with Gasteiger partial charge in [-0.05, 0) is 24.3 Å². The van der Waals surface area contributed by atoms with Crippen LogP contribution in [0.15, 0.2) is 36.5 Å². The Labute approximate surface area is 126 Å². The van der Waals surface area contributed by atoms with Gasteiger partial charge in [0.1, 0.15) is 10.9 Å². The number of ether oxygens (including phenoxy) is 1. The fourth-order valence-electron chi connectivity index (χ4n) is 1.72. The lowest BCUT2D eigenvalue weighted by atomic mass is 10.2. The lowest BCUT2D eigenvalue weighted by Crippen LogP contribution is -2.23. The van der Waals surface area contributed by atoms with E-state index < -0.39 is 0 Å². The Kier molecular flexibility index (Phi) is 4.82. The van der Waals surface area contributed by atoms with Gasteiger partial charge in [0, 0.05) is 28.9 Å². The van der Waals surface area contributed by atoms with Crippen LogP contribution in [0, 0.1) is 0 Å². The van der Waals surface area contributed by atoms with Crippen molar-refractivity contribution in [1.82, 2.24) is 10.3 Å². The summed E-state index contributed by atoms with van der Waals surface area (Å²) >= 11 is 11.8. The Morgan fingerprint density at radius 3 is 2.85 bits per heavy atom. The van der Waals surface area contributed by atoms with E-state index in [4.69, 9.17) is 27.9 Å². The molecule has 1 N–H and O–H groups in total. The Bertz CT molecular complexity index is 632. The van der Waals surface area contributed by atoms with Crippen molar-refractivity contribution in [2.24, 2.45) is 0 Å². The first-order valence-electron chi connectivity index (χ1n) is 5.83. The zero-order valence-electron chi connectivity index (χ0n) is 10.7. The van der Waals surface area contributed by atoms with E-state index >= 15 is 0 Å². The van der Waals surface area contributed by atoms with Crippen molar-refractivity contribution in [3.63, 3.8) is 0 Å². The molecule has 0 fully saturated rings. The van der Waals surface area contributed by atoms with Crippen molar-refractivity contribution in [1.29, 1.82) is 0 Å². The monoisotopic (exact) mass is 310 g/mol. The van der Waals surface area contributed by atoms with E-state index in [0.717, 1.165) is 5.56 Å². The SMILES string of the molecule is COc1cccc(Cl)c1CNC(=O)c1ccnc(Cl)c1. The molecule has 0 radical (unpaired) electrons. The molecule has 104 valence electrons. The van der Waals surface area contributed by atoms with Crippen LogP contribution in [-0.2, 0) is 6.54 Å². The van der Waals surface area contributed by atoms with Crippen LogP contribution < -0.4 is 10.1 Å². The van der Waals surface area contributed by atoms with Crippen LogP contribution in [0.3, 0.4) is 0 Å². The van der Waals surface area contributed by atoms with Gasteiger partial charge in [-0.2, -0.15) is 0 Å². The summed E-state index contributed by atoms with van der Waals surface area (Å²) in [6.45, 7) is 0.265. The minimum atomic E-state index is -0.253. The van der Waals surface area contributed by atoms with Crippen molar-refractivity contribution in [2.45, 2.75) is 6.54 Å². The minimum Gasteiger partial charge on any atom is -0.496 e. The van der Waals surface area contributed by atoms with Crippen LogP contribution in [0.2, 0.25) is 10.2 Å². The highest BCUT2D eigenvalue weighted by molar-refractivity contribution is 6.31. The topological polar surface area (TPSA) is 51.2 Å². The van der Waals surface area contributed by atoms with Crippen molar-refractivity contribution in [2.75, 3.05) is 7.11 Å². The first-order valence-corrected chi connectivity index (χ1v) is 6.58. The van der Waals surface area contributed by atoms with Crippen LogP contribution in [-0.4, -0.2) is 18.0 Å². The molecule has 0 unspecified atom stereocenters. The van der Waals surface area contributed by atoms with Crippen LogP contribution in [0.5, 0.6) is 5.75 Å². The number of hydrogen-bond donors (Lipinski definition) is 1. The van der Waals surface area contributed by atoms with Gasteiger partial charge in [-0.15, -0.1) is 0 Å². The fraction of sp³-hybridized carbons (Fsp3) is 0.143. The molecular formula is C14H12Cl2N2O2. The highest BCUT2D eigenvalue weighted by Crippen LogP contribution is 2.25. The third kappa shape index (κ3) is 3.40. The lowest BCUT2D eigenvalue weighted by molar-refractivity contribution is 0.0950. The van der Waals surface area contributed by atoms with Crippen LogP contribution in [0.1, 0.15) is 15.9 Å². The molecule has 4 nitrogen and oxygen atoms in total. The van der Waals surface area contributed by atoms with Gasteiger partial charge in [-0.25, -0.2) is 4.98 Å². The molecule has 0 bridgehead atoms. The number of rotatable bonds is 4. The number of methoxy groups -OCH3 is 1. The first kappa shape index (κ1) is 14.6. The maximum atomic E-state index is 12.0. The number of amides is 1. The summed E-state index contributed by atoms with van der Waals surface area (Å²) in [5, 5.41) is 3.58. The molecule has 1 aromatic carbocycles. The van der Waals surface area contributed by atoms with Crippen molar-refractivity contribution >= 4 is 29.1 Å². The number of hydrogen-bond acceptors (Lipinski definition) is 3. The molecule has 1 aromatic heterocycles. The van der Waals surface area contributed by atoms with Gasteiger partial charge in [0.15, 0.2) is 0 Å². The fourth-order valence-corrected chi connectivity index (χ4v) is 2.12. The van der Waals surface area contributed by atoms with E-state index in [1.807, 2.05) is 0 Å². The number of halogens is 2. The normalized spacial score (nSPS) is 10.2. The first-order chi connectivity index (χ1) is 9.61. The molecule has 6 heteroatoms. The van der Waals surface area contributed by atoms with Crippen molar-refractivity contribution in [3.05, 3.63) is 57.8 Å². The predicted octanol–water partition coefficient (Wildman–Crippen LogP) is 3.33. The predicted molar refractivity (Wildman–Crippen MR) is 78.4 cm³/mol. The average molecular weight is 311 g/mol. The van der Waals surface area contributed by atoms with E-state index in [2.05, 4.69) is 10.3 Å². The molecule has 0 spiro atoms. The van der Waals surface area contributed by atoms with Gasteiger partial charge in [-0.3, -0.25) is 4.79 Å². The summed E-state index contributed by atoms with van der Waals surface area (Å²) in [7, 11) is 1.56. The summed E-state index contributed by atoms with van der Waals surface area (Å²) in [6.07, 6.45) is 1.48. The second kappa shape index (κ2) is 6.59. The molecule has 0 saturated carbocycles. The van der Waals surface area contributed by atoms with Crippen LogP contribution >= 0.6 is 23.2 Å². The largest absolute Gasteiger partial charge is 0.496 e.